The monoisotopic (exact) mass is 289 g/mol. The molecular weight excluding hydrogens is 274 g/mol. The molecule has 0 radical (unpaired) electrons. The van der Waals surface area contributed by atoms with Crippen LogP contribution in [-0.4, -0.2) is 41.1 Å². The van der Waals surface area contributed by atoms with Gasteiger partial charge in [0.25, 0.3) is 0 Å². The molecule has 7 nitrogen and oxygen atoms in total. The molecule has 1 aromatic rings. The van der Waals surface area contributed by atoms with Crippen molar-refractivity contribution in [2.75, 3.05) is 11.9 Å². The molecule has 2 N–H and O–H groups in total. The summed E-state index contributed by atoms with van der Waals surface area (Å²) in [6.07, 6.45) is 0. The van der Waals surface area contributed by atoms with Crippen molar-refractivity contribution in [3.8, 4) is 0 Å². The van der Waals surface area contributed by atoms with Crippen molar-refractivity contribution in [3.63, 3.8) is 0 Å². The quantitative estimate of drug-likeness (QED) is 0.621. The molecule has 21 heavy (non-hydrogen) atoms. The van der Waals surface area contributed by atoms with Crippen LogP contribution < -0.4 is 10.6 Å². The Balaban J connectivity index is 2.14. The van der Waals surface area contributed by atoms with Gasteiger partial charge in [-0.1, -0.05) is 12.1 Å². The lowest BCUT2D eigenvalue weighted by atomic mass is 10.1. The van der Waals surface area contributed by atoms with Gasteiger partial charge in [-0.05, 0) is 26.0 Å². The van der Waals surface area contributed by atoms with Crippen molar-refractivity contribution < 1.29 is 19.2 Å². The van der Waals surface area contributed by atoms with E-state index in [1.807, 2.05) is 0 Å². The number of anilines is 1. The van der Waals surface area contributed by atoms with Gasteiger partial charge in [-0.2, -0.15) is 0 Å². The summed E-state index contributed by atoms with van der Waals surface area (Å²) < 4.78 is 0. The minimum absolute atomic E-state index is 0.119. The molecule has 1 heterocycles. The number of carbonyl (C=O) groups excluding carboxylic acids is 4. The van der Waals surface area contributed by atoms with Gasteiger partial charge in [-0.3, -0.25) is 19.7 Å². The average Bonchev–Trinajstić information content (AvgIpc) is 2.43. The Kier molecular flexibility index (Phi) is 4.02. The number of ketones is 1. The second-order valence-corrected chi connectivity index (χ2v) is 4.78. The number of hydrogen-bond acceptors (Lipinski definition) is 4. The highest BCUT2D eigenvalue weighted by Crippen LogP contribution is 2.13. The number of amides is 4. The third kappa shape index (κ3) is 3.25. The van der Waals surface area contributed by atoms with E-state index in [1.54, 1.807) is 18.2 Å². The molecule has 1 aliphatic heterocycles. The predicted octanol–water partition coefficient (Wildman–Crippen LogP) is 0.768. The van der Waals surface area contributed by atoms with E-state index < -0.39 is 23.9 Å². The van der Waals surface area contributed by atoms with Crippen molar-refractivity contribution in [2.24, 2.45) is 0 Å². The number of nitrogens with zero attached hydrogens (tertiary/aromatic N) is 1. The van der Waals surface area contributed by atoms with Crippen LogP contribution in [0.2, 0.25) is 0 Å². The minimum atomic E-state index is -0.737. The molecule has 0 spiro atoms. The first-order chi connectivity index (χ1) is 9.88. The van der Waals surface area contributed by atoms with Crippen LogP contribution in [0.3, 0.4) is 0 Å². The SMILES string of the molecule is CC(=O)c1cccc(NC(=O)N2CC(=O)NC(=O)C2C)c1. The zero-order chi connectivity index (χ0) is 15.6. The number of benzene rings is 1. The summed E-state index contributed by atoms with van der Waals surface area (Å²) in [4.78, 5) is 47.4. The molecule has 1 saturated heterocycles. The second kappa shape index (κ2) is 5.74. The van der Waals surface area contributed by atoms with E-state index in [-0.39, 0.29) is 12.3 Å². The van der Waals surface area contributed by atoms with Crippen molar-refractivity contribution in [1.29, 1.82) is 0 Å². The Hall–Kier alpha value is -2.70. The maximum atomic E-state index is 12.1. The van der Waals surface area contributed by atoms with Gasteiger partial charge in [0.1, 0.15) is 12.6 Å². The first-order valence-electron chi connectivity index (χ1n) is 6.41. The van der Waals surface area contributed by atoms with Crippen LogP contribution in [0, 0.1) is 0 Å². The second-order valence-electron chi connectivity index (χ2n) is 4.78. The van der Waals surface area contributed by atoms with Crippen LogP contribution in [-0.2, 0) is 9.59 Å². The lowest BCUT2D eigenvalue weighted by Crippen LogP contribution is -2.59. The van der Waals surface area contributed by atoms with Gasteiger partial charge in [0.15, 0.2) is 5.78 Å². The highest BCUT2D eigenvalue weighted by Gasteiger charge is 2.33. The number of carbonyl (C=O) groups is 4. The van der Waals surface area contributed by atoms with Crippen LogP contribution in [0.1, 0.15) is 24.2 Å². The van der Waals surface area contributed by atoms with E-state index in [4.69, 9.17) is 0 Å². The van der Waals surface area contributed by atoms with Crippen LogP contribution in [0.4, 0.5) is 10.5 Å². The number of urea groups is 1. The summed E-state index contributed by atoms with van der Waals surface area (Å²) in [7, 11) is 0. The fourth-order valence-corrected chi connectivity index (χ4v) is 1.97. The van der Waals surface area contributed by atoms with Crippen LogP contribution >= 0.6 is 0 Å². The van der Waals surface area contributed by atoms with Crippen molar-refractivity contribution in [2.45, 2.75) is 19.9 Å². The Morgan fingerprint density at radius 2 is 2.05 bits per heavy atom. The predicted molar refractivity (Wildman–Crippen MR) is 74.8 cm³/mol. The van der Waals surface area contributed by atoms with Gasteiger partial charge in [0.2, 0.25) is 11.8 Å². The summed E-state index contributed by atoms with van der Waals surface area (Å²) >= 11 is 0. The molecule has 1 aromatic carbocycles. The topological polar surface area (TPSA) is 95.6 Å². The molecule has 1 atom stereocenters. The highest BCUT2D eigenvalue weighted by atomic mass is 16.2. The normalized spacial score (nSPS) is 18.2. The van der Waals surface area contributed by atoms with Crippen molar-refractivity contribution in [1.82, 2.24) is 10.2 Å². The van der Waals surface area contributed by atoms with E-state index in [0.29, 0.717) is 11.3 Å². The van der Waals surface area contributed by atoms with Crippen LogP contribution in [0.15, 0.2) is 24.3 Å². The highest BCUT2D eigenvalue weighted by molar-refractivity contribution is 6.05. The van der Waals surface area contributed by atoms with Crippen molar-refractivity contribution >= 4 is 29.3 Å². The lowest BCUT2D eigenvalue weighted by Gasteiger charge is -2.31. The Morgan fingerprint density at radius 3 is 2.71 bits per heavy atom. The standard InChI is InChI=1S/C14H15N3O4/c1-8-13(20)16-12(19)7-17(8)14(21)15-11-5-3-4-10(6-11)9(2)18/h3-6,8H,7H2,1-2H3,(H,15,21)(H,16,19,20). The molecule has 1 aliphatic rings. The zero-order valence-electron chi connectivity index (χ0n) is 11.7. The molecule has 7 heteroatoms. The average molecular weight is 289 g/mol. The van der Waals surface area contributed by atoms with Gasteiger partial charge in [-0.25, -0.2) is 4.79 Å². The van der Waals surface area contributed by atoms with Gasteiger partial charge >= 0.3 is 6.03 Å². The molecule has 2 rings (SSSR count). The van der Waals surface area contributed by atoms with Gasteiger partial charge in [0.05, 0.1) is 0 Å². The molecule has 0 saturated carbocycles. The number of Topliss-reactive ketones (excluding diaryl/α,β-unsaturated/α-hetero) is 1. The van der Waals surface area contributed by atoms with Crippen LogP contribution in [0.25, 0.3) is 0 Å². The Morgan fingerprint density at radius 1 is 1.33 bits per heavy atom. The summed E-state index contributed by atoms with van der Waals surface area (Å²) in [6, 6.07) is 5.14. The maximum Gasteiger partial charge on any atom is 0.322 e. The van der Waals surface area contributed by atoms with Crippen molar-refractivity contribution in [3.05, 3.63) is 29.8 Å². The summed E-state index contributed by atoms with van der Waals surface area (Å²) in [5.41, 5.74) is 0.895. The van der Waals surface area contributed by atoms with Gasteiger partial charge in [-0.15, -0.1) is 0 Å². The van der Waals surface area contributed by atoms with E-state index in [0.717, 1.165) is 4.90 Å². The number of piperazine rings is 1. The first-order valence-corrected chi connectivity index (χ1v) is 6.41. The fourth-order valence-electron chi connectivity index (χ4n) is 1.97. The van der Waals surface area contributed by atoms with Gasteiger partial charge < -0.3 is 10.2 Å². The summed E-state index contributed by atoms with van der Waals surface area (Å²) in [6.45, 7) is 2.77. The Bertz CT molecular complexity index is 626. The van der Waals surface area contributed by atoms with E-state index in [2.05, 4.69) is 10.6 Å². The number of hydrogen-bond donors (Lipinski definition) is 2. The third-order valence-corrected chi connectivity index (χ3v) is 3.20. The number of imide groups is 1. The fraction of sp³-hybridized carbons (Fsp3) is 0.286. The molecule has 0 bridgehead atoms. The molecular formula is C14H15N3O4. The molecule has 4 amide bonds. The molecule has 110 valence electrons. The molecule has 1 fully saturated rings. The molecule has 0 aliphatic carbocycles. The van der Waals surface area contributed by atoms with E-state index >= 15 is 0 Å². The smallest absolute Gasteiger partial charge is 0.308 e. The third-order valence-electron chi connectivity index (χ3n) is 3.20. The maximum absolute atomic E-state index is 12.1. The zero-order valence-corrected chi connectivity index (χ0v) is 11.7. The molecule has 1 unspecified atom stereocenters. The molecule has 0 aromatic heterocycles. The summed E-state index contributed by atoms with van der Waals surface area (Å²) in [5, 5.41) is 4.74. The number of nitrogens with one attached hydrogen (secondary N) is 2. The lowest BCUT2D eigenvalue weighted by molar-refractivity contribution is -0.137. The van der Waals surface area contributed by atoms with Gasteiger partial charge in [0, 0.05) is 11.3 Å². The number of rotatable bonds is 2. The first kappa shape index (κ1) is 14.7. The van der Waals surface area contributed by atoms with Crippen LogP contribution in [0.5, 0.6) is 0 Å². The van der Waals surface area contributed by atoms with E-state index in [1.165, 1.54) is 19.9 Å². The summed E-state index contributed by atoms with van der Waals surface area (Å²) in [5.74, 6) is -1.16. The largest absolute Gasteiger partial charge is 0.322 e. The van der Waals surface area contributed by atoms with E-state index in [9.17, 15) is 19.2 Å². The Labute approximate surface area is 121 Å². The minimum Gasteiger partial charge on any atom is -0.308 e.